The molecule has 1 heterocycles. The Labute approximate surface area is 115 Å². The average molecular weight is 290 g/mol. The number of nitrogens with zero attached hydrogens (tertiary/aromatic N) is 1. The van der Waals surface area contributed by atoms with E-state index in [1.807, 2.05) is 13.8 Å². The molecule has 0 aliphatic carbocycles. The van der Waals surface area contributed by atoms with Crippen molar-refractivity contribution in [2.75, 3.05) is 12.4 Å². The number of ether oxygens (including phenoxy) is 1. The van der Waals surface area contributed by atoms with E-state index in [1.54, 1.807) is 0 Å². The fourth-order valence-corrected chi connectivity index (χ4v) is 1.74. The van der Waals surface area contributed by atoms with Gasteiger partial charge in [-0.3, -0.25) is 0 Å². The molecule has 0 amide bonds. The number of hydrogen-bond acceptors (Lipinski definition) is 4. The molecule has 0 saturated carbocycles. The first-order valence-corrected chi connectivity index (χ1v) is 6.12. The number of carbonyl (C=O) groups is 1. The minimum Gasteiger partial charge on any atom is -0.467 e. The van der Waals surface area contributed by atoms with E-state index in [1.165, 1.54) is 19.4 Å². The fourth-order valence-electron chi connectivity index (χ4n) is 1.74. The molecule has 0 spiro atoms. The molecule has 4 nitrogen and oxygen atoms in total. The van der Waals surface area contributed by atoms with Gasteiger partial charge in [0.05, 0.1) is 12.7 Å². The molecule has 0 aliphatic rings. The standard InChI is InChI=1S/C13H17F3N2O2/c1-8(2)7-10(12(19)20-3)18-11-9(13(14,15)16)5-4-6-17-11/h4-6,8,10H,7H2,1-3H3,(H,17,18). The third-order valence-corrected chi connectivity index (χ3v) is 2.62. The van der Waals surface area contributed by atoms with Crippen LogP contribution in [0.1, 0.15) is 25.8 Å². The number of anilines is 1. The molecule has 7 heteroatoms. The van der Waals surface area contributed by atoms with Gasteiger partial charge < -0.3 is 10.1 Å². The molecule has 0 aliphatic heterocycles. The van der Waals surface area contributed by atoms with Crippen molar-refractivity contribution in [1.82, 2.24) is 4.98 Å². The second-order valence-electron chi connectivity index (χ2n) is 4.75. The Morgan fingerprint density at radius 1 is 1.45 bits per heavy atom. The van der Waals surface area contributed by atoms with Crippen LogP contribution in [0.3, 0.4) is 0 Å². The van der Waals surface area contributed by atoms with Crippen LogP contribution in [0.25, 0.3) is 0 Å². The second kappa shape index (κ2) is 6.58. The molecular weight excluding hydrogens is 273 g/mol. The normalized spacial score (nSPS) is 13.2. The van der Waals surface area contributed by atoms with E-state index in [0.29, 0.717) is 6.42 Å². The number of aromatic nitrogens is 1. The highest BCUT2D eigenvalue weighted by Gasteiger charge is 2.35. The highest BCUT2D eigenvalue weighted by Crippen LogP contribution is 2.33. The molecule has 0 radical (unpaired) electrons. The maximum atomic E-state index is 12.8. The predicted octanol–water partition coefficient (Wildman–Crippen LogP) is 3.10. The Morgan fingerprint density at radius 3 is 2.60 bits per heavy atom. The van der Waals surface area contributed by atoms with Crippen LogP contribution in [0.4, 0.5) is 19.0 Å². The molecule has 1 atom stereocenters. The lowest BCUT2D eigenvalue weighted by atomic mass is 10.0. The first-order valence-electron chi connectivity index (χ1n) is 6.12. The number of methoxy groups -OCH3 is 1. The van der Waals surface area contributed by atoms with Crippen molar-refractivity contribution in [3.05, 3.63) is 23.9 Å². The largest absolute Gasteiger partial charge is 0.467 e. The summed E-state index contributed by atoms with van der Waals surface area (Å²) in [6.45, 7) is 3.72. The van der Waals surface area contributed by atoms with Crippen LogP contribution in [0.2, 0.25) is 0 Å². The van der Waals surface area contributed by atoms with E-state index >= 15 is 0 Å². The summed E-state index contributed by atoms with van der Waals surface area (Å²) in [6.07, 6.45) is -2.95. The van der Waals surface area contributed by atoms with Crippen molar-refractivity contribution in [2.45, 2.75) is 32.5 Å². The van der Waals surface area contributed by atoms with Gasteiger partial charge >= 0.3 is 12.1 Å². The number of carbonyl (C=O) groups excluding carboxylic acids is 1. The molecule has 0 fully saturated rings. The number of esters is 1. The molecule has 1 unspecified atom stereocenters. The lowest BCUT2D eigenvalue weighted by Crippen LogP contribution is -2.33. The highest BCUT2D eigenvalue weighted by molar-refractivity contribution is 5.79. The van der Waals surface area contributed by atoms with Crippen molar-refractivity contribution in [3.63, 3.8) is 0 Å². The molecule has 1 N–H and O–H groups in total. The Balaban J connectivity index is 3.02. The Hall–Kier alpha value is -1.79. The molecule has 0 aromatic carbocycles. The summed E-state index contributed by atoms with van der Waals surface area (Å²) in [5, 5.41) is 2.53. The predicted molar refractivity (Wildman–Crippen MR) is 68.1 cm³/mol. The van der Waals surface area contributed by atoms with Gasteiger partial charge in [0.25, 0.3) is 0 Å². The zero-order valence-corrected chi connectivity index (χ0v) is 11.5. The first-order chi connectivity index (χ1) is 9.25. The first kappa shape index (κ1) is 16.3. The minimum atomic E-state index is -4.53. The highest BCUT2D eigenvalue weighted by atomic mass is 19.4. The fraction of sp³-hybridized carbons (Fsp3) is 0.538. The summed E-state index contributed by atoms with van der Waals surface area (Å²) < 4.78 is 43.1. The van der Waals surface area contributed by atoms with E-state index in [0.717, 1.165) is 6.07 Å². The van der Waals surface area contributed by atoms with Crippen LogP contribution in [-0.2, 0) is 15.7 Å². The van der Waals surface area contributed by atoms with Gasteiger partial charge in [0.15, 0.2) is 0 Å². The monoisotopic (exact) mass is 290 g/mol. The summed E-state index contributed by atoms with van der Waals surface area (Å²) in [5.74, 6) is -0.863. The summed E-state index contributed by atoms with van der Waals surface area (Å²) in [7, 11) is 1.19. The van der Waals surface area contributed by atoms with Gasteiger partial charge in [-0.25, -0.2) is 9.78 Å². The number of pyridine rings is 1. The van der Waals surface area contributed by atoms with Crippen molar-refractivity contribution in [2.24, 2.45) is 5.92 Å². The van der Waals surface area contributed by atoms with Crippen molar-refractivity contribution in [3.8, 4) is 0 Å². The topological polar surface area (TPSA) is 51.2 Å². The van der Waals surface area contributed by atoms with Crippen LogP contribution in [0.15, 0.2) is 18.3 Å². The van der Waals surface area contributed by atoms with Gasteiger partial charge in [-0.1, -0.05) is 13.8 Å². The molecule has 1 rings (SSSR count). The summed E-state index contributed by atoms with van der Waals surface area (Å²) >= 11 is 0. The van der Waals surface area contributed by atoms with E-state index in [-0.39, 0.29) is 11.7 Å². The Morgan fingerprint density at radius 2 is 2.10 bits per heavy atom. The molecular formula is C13H17F3N2O2. The smallest absolute Gasteiger partial charge is 0.419 e. The quantitative estimate of drug-likeness (QED) is 0.847. The van der Waals surface area contributed by atoms with Gasteiger partial charge in [0, 0.05) is 6.20 Å². The van der Waals surface area contributed by atoms with Crippen molar-refractivity contribution in [1.29, 1.82) is 0 Å². The third kappa shape index (κ3) is 4.40. The van der Waals surface area contributed by atoms with Gasteiger partial charge in [-0.2, -0.15) is 13.2 Å². The summed E-state index contributed by atoms with van der Waals surface area (Å²) in [5.41, 5.74) is -0.905. The third-order valence-electron chi connectivity index (χ3n) is 2.62. The average Bonchev–Trinajstić information content (AvgIpc) is 2.36. The van der Waals surface area contributed by atoms with Crippen LogP contribution < -0.4 is 5.32 Å². The zero-order chi connectivity index (χ0) is 15.3. The number of nitrogens with one attached hydrogen (secondary N) is 1. The molecule has 112 valence electrons. The summed E-state index contributed by atoms with van der Waals surface area (Å²) in [4.78, 5) is 15.3. The zero-order valence-electron chi connectivity index (χ0n) is 11.5. The van der Waals surface area contributed by atoms with Crippen LogP contribution in [-0.4, -0.2) is 24.1 Å². The SMILES string of the molecule is COC(=O)C(CC(C)C)Nc1ncccc1C(F)(F)F. The van der Waals surface area contributed by atoms with Gasteiger partial charge in [0.1, 0.15) is 11.9 Å². The van der Waals surface area contributed by atoms with Gasteiger partial charge in [-0.05, 0) is 24.5 Å². The van der Waals surface area contributed by atoms with Crippen molar-refractivity contribution >= 4 is 11.8 Å². The molecule has 0 bridgehead atoms. The van der Waals surface area contributed by atoms with Crippen LogP contribution >= 0.6 is 0 Å². The van der Waals surface area contributed by atoms with E-state index in [4.69, 9.17) is 0 Å². The Kier molecular flexibility index (Phi) is 5.35. The summed E-state index contributed by atoms with van der Waals surface area (Å²) in [6, 6.07) is 1.25. The van der Waals surface area contributed by atoms with Gasteiger partial charge in [0.2, 0.25) is 0 Å². The molecule has 20 heavy (non-hydrogen) atoms. The van der Waals surface area contributed by atoms with E-state index < -0.39 is 23.8 Å². The lowest BCUT2D eigenvalue weighted by molar-refractivity contribution is -0.142. The number of halogens is 3. The lowest BCUT2D eigenvalue weighted by Gasteiger charge is -2.21. The maximum absolute atomic E-state index is 12.8. The molecule has 0 saturated heterocycles. The maximum Gasteiger partial charge on any atom is 0.419 e. The van der Waals surface area contributed by atoms with Crippen LogP contribution in [0, 0.1) is 5.92 Å². The Bertz CT molecular complexity index is 461. The van der Waals surface area contributed by atoms with E-state index in [9.17, 15) is 18.0 Å². The number of hydrogen-bond donors (Lipinski definition) is 1. The minimum absolute atomic E-state index is 0.115. The van der Waals surface area contributed by atoms with Gasteiger partial charge in [-0.15, -0.1) is 0 Å². The number of alkyl halides is 3. The van der Waals surface area contributed by atoms with Crippen LogP contribution in [0.5, 0.6) is 0 Å². The van der Waals surface area contributed by atoms with E-state index in [2.05, 4.69) is 15.0 Å². The molecule has 1 aromatic rings. The number of rotatable bonds is 5. The second-order valence-corrected chi connectivity index (χ2v) is 4.75. The van der Waals surface area contributed by atoms with Crippen molar-refractivity contribution < 1.29 is 22.7 Å². The molecule has 1 aromatic heterocycles.